The summed E-state index contributed by atoms with van der Waals surface area (Å²) in [4.78, 5) is 38.2. The Bertz CT molecular complexity index is 1320. The molecular formula is C65H114O6. The first kappa shape index (κ1) is 67.8. The molecule has 0 aromatic heterocycles. The van der Waals surface area contributed by atoms with Gasteiger partial charge >= 0.3 is 17.9 Å². The second kappa shape index (κ2) is 59.4. The summed E-state index contributed by atoms with van der Waals surface area (Å²) >= 11 is 0. The number of rotatable bonds is 55. The zero-order valence-corrected chi connectivity index (χ0v) is 47.0. The third-order valence-corrected chi connectivity index (χ3v) is 13.2. The summed E-state index contributed by atoms with van der Waals surface area (Å²) in [5.74, 6) is -0.886. The number of carbonyl (C=O) groups excluding carboxylic acids is 3. The second-order valence-corrected chi connectivity index (χ2v) is 20.2. The quantitative estimate of drug-likeness (QED) is 0.0261. The van der Waals surface area contributed by atoms with Gasteiger partial charge in [0, 0.05) is 19.3 Å². The van der Waals surface area contributed by atoms with E-state index in [2.05, 4.69) is 93.7 Å². The van der Waals surface area contributed by atoms with Gasteiger partial charge in [0.15, 0.2) is 6.10 Å². The van der Waals surface area contributed by atoms with Gasteiger partial charge in [0.2, 0.25) is 0 Å². The molecule has 0 aliphatic heterocycles. The van der Waals surface area contributed by atoms with Crippen molar-refractivity contribution in [2.45, 2.75) is 309 Å². The minimum absolute atomic E-state index is 0.0794. The molecule has 0 bridgehead atoms. The zero-order chi connectivity index (χ0) is 51.4. The maximum atomic E-state index is 12.9. The molecule has 6 heteroatoms. The third kappa shape index (κ3) is 57.6. The molecule has 0 fully saturated rings. The van der Waals surface area contributed by atoms with Crippen LogP contribution in [0.2, 0.25) is 0 Å². The van der Waals surface area contributed by atoms with Gasteiger partial charge in [-0.05, 0) is 89.9 Å². The van der Waals surface area contributed by atoms with Crippen LogP contribution in [0.15, 0.2) is 72.9 Å². The van der Waals surface area contributed by atoms with E-state index in [4.69, 9.17) is 14.2 Å². The van der Waals surface area contributed by atoms with Crippen molar-refractivity contribution in [3.8, 4) is 0 Å². The standard InChI is InChI=1S/C65H114O6/c1-4-7-10-13-16-19-22-25-28-30-31-32-33-34-35-36-38-40-43-46-49-52-55-58-64(67)70-61-62(60-69-63(66)57-54-51-48-45-42-39-27-24-21-18-15-12-9-6-3)71-65(68)59-56-53-50-47-44-41-37-29-26-23-20-17-14-11-8-5-2/h7,10,16,19,25,28-29,31-32,34-35,37,62H,4-6,8-9,11-15,17-18,20-24,26-27,30,33,36,38-61H2,1-3H3/b10-7-,19-16-,28-25-,32-31-,35-34-,37-29-. The Morgan fingerprint density at radius 1 is 0.296 bits per heavy atom. The fourth-order valence-electron chi connectivity index (χ4n) is 8.64. The van der Waals surface area contributed by atoms with Crippen molar-refractivity contribution in [2.75, 3.05) is 13.2 Å². The van der Waals surface area contributed by atoms with Gasteiger partial charge in [-0.1, -0.05) is 267 Å². The highest BCUT2D eigenvalue weighted by Gasteiger charge is 2.19. The molecule has 0 aliphatic rings. The molecular weight excluding hydrogens is 877 g/mol. The maximum Gasteiger partial charge on any atom is 0.306 e. The molecule has 0 aromatic rings. The van der Waals surface area contributed by atoms with Crippen molar-refractivity contribution < 1.29 is 28.6 Å². The number of carbonyl (C=O) groups is 3. The topological polar surface area (TPSA) is 78.9 Å². The van der Waals surface area contributed by atoms with Gasteiger partial charge in [-0.3, -0.25) is 14.4 Å². The van der Waals surface area contributed by atoms with Crippen LogP contribution in [0, 0.1) is 0 Å². The van der Waals surface area contributed by atoms with E-state index in [1.165, 1.54) is 154 Å². The summed E-state index contributed by atoms with van der Waals surface area (Å²) in [6.45, 7) is 6.54. The molecule has 6 nitrogen and oxygen atoms in total. The van der Waals surface area contributed by atoms with E-state index in [1.807, 2.05) is 0 Å². The monoisotopic (exact) mass is 991 g/mol. The first-order valence-corrected chi connectivity index (χ1v) is 30.4. The molecule has 0 radical (unpaired) electrons. The second-order valence-electron chi connectivity index (χ2n) is 20.2. The predicted octanol–water partition coefficient (Wildman–Crippen LogP) is 20.5. The summed E-state index contributed by atoms with van der Waals surface area (Å²) in [5, 5.41) is 0. The Balaban J connectivity index is 4.36. The van der Waals surface area contributed by atoms with Crippen LogP contribution in [0.4, 0.5) is 0 Å². The molecule has 71 heavy (non-hydrogen) atoms. The Kier molecular flexibility index (Phi) is 56.8. The average Bonchev–Trinajstić information content (AvgIpc) is 3.37. The van der Waals surface area contributed by atoms with E-state index >= 15 is 0 Å². The molecule has 0 N–H and O–H groups in total. The minimum Gasteiger partial charge on any atom is -0.462 e. The van der Waals surface area contributed by atoms with Crippen molar-refractivity contribution in [1.82, 2.24) is 0 Å². The van der Waals surface area contributed by atoms with Crippen LogP contribution in [0.5, 0.6) is 0 Å². The summed E-state index contributed by atoms with van der Waals surface area (Å²) < 4.78 is 16.9. The van der Waals surface area contributed by atoms with Crippen LogP contribution in [-0.4, -0.2) is 37.2 Å². The van der Waals surface area contributed by atoms with Crippen LogP contribution in [0.3, 0.4) is 0 Å². The van der Waals surface area contributed by atoms with Gasteiger partial charge in [0.05, 0.1) is 0 Å². The van der Waals surface area contributed by atoms with E-state index < -0.39 is 6.10 Å². The molecule has 0 amide bonds. The lowest BCUT2D eigenvalue weighted by molar-refractivity contribution is -0.167. The van der Waals surface area contributed by atoms with Gasteiger partial charge < -0.3 is 14.2 Å². The van der Waals surface area contributed by atoms with Crippen LogP contribution >= 0.6 is 0 Å². The van der Waals surface area contributed by atoms with Crippen LogP contribution < -0.4 is 0 Å². The molecule has 410 valence electrons. The lowest BCUT2D eigenvalue weighted by atomic mass is 10.0. The largest absolute Gasteiger partial charge is 0.462 e. The molecule has 0 saturated carbocycles. The summed E-state index contributed by atoms with van der Waals surface area (Å²) in [6.07, 6.45) is 76.1. The minimum atomic E-state index is -0.783. The number of unbranched alkanes of at least 4 members (excludes halogenated alkanes) is 32. The van der Waals surface area contributed by atoms with Crippen molar-refractivity contribution in [2.24, 2.45) is 0 Å². The van der Waals surface area contributed by atoms with Crippen LogP contribution in [0.1, 0.15) is 303 Å². The number of allylic oxidation sites excluding steroid dienone is 12. The van der Waals surface area contributed by atoms with Crippen molar-refractivity contribution in [1.29, 1.82) is 0 Å². The number of esters is 3. The number of hydrogen-bond donors (Lipinski definition) is 0. The van der Waals surface area contributed by atoms with Crippen molar-refractivity contribution in [3.63, 3.8) is 0 Å². The lowest BCUT2D eigenvalue weighted by Crippen LogP contribution is -2.30. The molecule has 0 heterocycles. The predicted molar refractivity (Wildman–Crippen MR) is 307 cm³/mol. The van der Waals surface area contributed by atoms with E-state index in [9.17, 15) is 14.4 Å². The van der Waals surface area contributed by atoms with Gasteiger partial charge in [0.25, 0.3) is 0 Å². The average molecular weight is 992 g/mol. The normalized spacial score (nSPS) is 12.5. The van der Waals surface area contributed by atoms with Crippen molar-refractivity contribution in [3.05, 3.63) is 72.9 Å². The third-order valence-electron chi connectivity index (χ3n) is 13.2. The van der Waals surface area contributed by atoms with E-state index in [1.54, 1.807) is 0 Å². The molecule has 0 saturated heterocycles. The Labute approximate surface area is 440 Å². The van der Waals surface area contributed by atoms with E-state index in [-0.39, 0.29) is 31.1 Å². The molecule has 0 rings (SSSR count). The zero-order valence-electron chi connectivity index (χ0n) is 47.0. The molecule has 1 atom stereocenters. The van der Waals surface area contributed by atoms with Gasteiger partial charge in [-0.15, -0.1) is 0 Å². The summed E-state index contributed by atoms with van der Waals surface area (Å²) in [6, 6.07) is 0. The van der Waals surface area contributed by atoms with Crippen molar-refractivity contribution >= 4 is 17.9 Å². The SMILES string of the molecule is CC/C=C\C/C=C\C/C=C\C/C=C\C/C=C\CCCCCCCCCC(=O)OCC(COC(=O)CCCCCCCCCCCCCCCC)OC(=O)CCCCCCC/C=C\CCCCCCCCC. The molecule has 0 aromatic carbocycles. The molecule has 0 spiro atoms. The highest BCUT2D eigenvalue weighted by atomic mass is 16.6. The fourth-order valence-corrected chi connectivity index (χ4v) is 8.64. The highest BCUT2D eigenvalue weighted by Crippen LogP contribution is 2.16. The van der Waals surface area contributed by atoms with Gasteiger partial charge in [-0.25, -0.2) is 0 Å². The van der Waals surface area contributed by atoms with E-state index in [0.717, 1.165) is 109 Å². The van der Waals surface area contributed by atoms with Gasteiger partial charge in [0.1, 0.15) is 13.2 Å². The van der Waals surface area contributed by atoms with Crippen LogP contribution in [-0.2, 0) is 28.6 Å². The lowest BCUT2D eigenvalue weighted by Gasteiger charge is -2.18. The number of hydrogen-bond acceptors (Lipinski definition) is 6. The fraction of sp³-hybridized carbons (Fsp3) is 0.769. The Morgan fingerprint density at radius 2 is 0.549 bits per heavy atom. The van der Waals surface area contributed by atoms with Crippen LogP contribution in [0.25, 0.3) is 0 Å². The highest BCUT2D eigenvalue weighted by molar-refractivity contribution is 5.71. The summed E-state index contributed by atoms with van der Waals surface area (Å²) in [7, 11) is 0. The first-order chi connectivity index (χ1) is 35.0. The Hall–Kier alpha value is -3.15. The maximum absolute atomic E-state index is 12.9. The summed E-state index contributed by atoms with van der Waals surface area (Å²) in [5.41, 5.74) is 0. The smallest absolute Gasteiger partial charge is 0.306 e. The Morgan fingerprint density at radius 3 is 0.873 bits per heavy atom. The number of ether oxygens (including phenoxy) is 3. The molecule has 0 aliphatic carbocycles. The first-order valence-electron chi connectivity index (χ1n) is 30.4. The van der Waals surface area contributed by atoms with Gasteiger partial charge in [-0.2, -0.15) is 0 Å². The molecule has 1 unspecified atom stereocenters. The van der Waals surface area contributed by atoms with E-state index in [0.29, 0.717) is 19.3 Å².